The molecule has 0 aromatic carbocycles. The van der Waals surface area contributed by atoms with Crippen molar-refractivity contribution in [2.45, 2.75) is 39.3 Å². The fourth-order valence-electron chi connectivity index (χ4n) is 1.84. The van der Waals surface area contributed by atoms with Gasteiger partial charge < -0.3 is 15.7 Å². The largest absolute Gasteiger partial charge is 0.480 e. The molecule has 0 radical (unpaired) electrons. The summed E-state index contributed by atoms with van der Waals surface area (Å²) in [5.74, 6) is 0.789. The van der Waals surface area contributed by atoms with Crippen molar-refractivity contribution in [3.63, 3.8) is 0 Å². The Labute approximate surface area is 112 Å². The summed E-state index contributed by atoms with van der Waals surface area (Å²) in [6.45, 7) is 6.33. The predicted molar refractivity (Wildman–Crippen MR) is 72.8 cm³/mol. The highest BCUT2D eigenvalue weighted by molar-refractivity contribution is 7.99. The molecule has 5 nitrogen and oxygen atoms in total. The maximum atomic E-state index is 11.8. The van der Waals surface area contributed by atoms with Gasteiger partial charge in [0.1, 0.15) is 6.04 Å². The Bertz CT molecular complexity index is 309. The van der Waals surface area contributed by atoms with Crippen molar-refractivity contribution in [3.8, 4) is 0 Å². The van der Waals surface area contributed by atoms with Crippen molar-refractivity contribution < 1.29 is 14.7 Å². The highest BCUT2D eigenvalue weighted by Crippen LogP contribution is 2.20. The second-order valence-electron chi connectivity index (χ2n) is 5.63. The fourth-order valence-corrected chi connectivity index (χ4v) is 2.79. The van der Waals surface area contributed by atoms with E-state index in [1.54, 1.807) is 20.8 Å². The fraction of sp³-hybridized carbons (Fsp3) is 0.833. The molecule has 1 rings (SSSR count). The number of carboxylic acid groups (broad SMARTS) is 1. The summed E-state index contributed by atoms with van der Waals surface area (Å²) in [5, 5.41) is 15.0. The van der Waals surface area contributed by atoms with Crippen LogP contribution in [-0.4, -0.2) is 47.1 Å². The molecule has 0 bridgehead atoms. The van der Waals surface area contributed by atoms with Crippen molar-refractivity contribution in [2.75, 3.05) is 18.1 Å². The quantitative estimate of drug-likeness (QED) is 0.703. The Balaban J connectivity index is 2.48. The van der Waals surface area contributed by atoms with Gasteiger partial charge in [0, 0.05) is 30.5 Å². The number of hydrogen-bond acceptors (Lipinski definition) is 4. The SMILES string of the molecule is CC(C)(C)C(NC(=O)CC1CSCCN1)C(=O)O. The van der Waals surface area contributed by atoms with Crippen LogP contribution < -0.4 is 10.6 Å². The third-order valence-electron chi connectivity index (χ3n) is 2.85. The molecule has 1 saturated heterocycles. The van der Waals surface area contributed by atoms with E-state index in [0.29, 0.717) is 6.42 Å². The summed E-state index contributed by atoms with van der Waals surface area (Å²) in [6, 6.07) is -0.695. The number of carboxylic acids is 1. The number of hydrogen-bond donors (Lipinski definition) is 3. The summed E-state index contributed by atoms with van der Waals surface area (Å²) >= 11 is 1.82. The first kappa shape index (κ1) is 15.3. The zero-order valence-corrected chi connectivity index (χ0v) is 12.0. The molecular weight excluding hydrogens is 252 g/mol. The minimum atomic E-state index is -0.984. The number of nitrogens with one attached hydrogen (secondary N) is 2. The van der Waals surface area contributed by atoms with E-state index in [1.807, 2.05) is 11.8 Å². The molecule has 1 amide bonds. The molecule has 18 heavy (non-hydrogen) atoms. The Kier molecular flexibility index (Phi) is 5.47. The first-order chi connectivity index (χ1) is 8.30. The zero-order chi connectivity index (χ0) is 13.8. The third kappa shape index (κ3) is 4.86. The van der Waals surface area contributed by atoms with E-state index >= 15 is 0 Å². The van der Waals surface area contributed by atoms with Crippen LogP contribution in [0.4, 0.5) is 0 Å². The lowest BCUT2D eigenvalue weighted by atomic mass is 9.86. The molecule has 1 aliphatic rings. The van der Waals surface area contributed by atoms with E-state index in [1.165, 1.54) is 0 Å². The van der Waals surface area contributed by atoms with Gasteiger partial charge in [-0.05, 0) is 5.41 Å². The molecule has 3 N–H and O–H groups in total. The van der Waals surface area contributed by atoms with Gasteiger partial charge >= 0.3 is 5.97 Å². The molecule has 0 saturated carbocycles. The van der Waals surface area contributed by atoms with Crippen LogP contribution in [0.15, 0.2) is 0 Å². The number of carbonyl (C=O) groups excluding carboxylic acids is 1. The number of aliphatic carboxylic acids is 1. The van der Waals surface area contributed by atoms with E-state index < -0.39 is 17.4 Å². The van der Waals surface area contributed by atoms with Crippen molar-refractivity contribution >= 4 is 23.6 Å². The lowest BCUT2D eigenvalue weighted by molar-refractivity contribution is -0.145. The normalized spacial score (nSPS) is 22.3. The van der Waals surface area contributed by atoms with Gasteiger partial charge in [-0.25, -0.2) is 4.79 Å². The first-order valence-corrected chi connectivity index (χ1v) is 7.29. The molecule has 2 unspecified atom stereocenters. The third-order valence-corrected chi connectivity index (χ3v) is 3.98. The van der Waals surface area contributed by atoms with E-state index in [0.717, 1.165) is 18.1 Å². The number of amides is 1. The number of thioether (sulfide) groups is 1. The molecule has 0 aromatic rings. The van der Waals surface area contributed by atoms with Crippen molar-refractivity contribution in [2.24, 2.45) is 5.41 Å². The lowest BCUT2D eigenvalue weighted by Gasteiger charge is -2.29. The molecule has 1 fully saturated rings. The van der Waals surface area contributed by atoms with Crippen molar-refractivity contribution in [3.05, 3.63) is 0 Å². The average molecular weight is 274 g/mol. The van der Waals surface area contributed by atoms with Gasteiger partial charge in [0.05, 0.1) is 0 Å². The van der Waals surface area contributed by atoms with Gasteiger partial charge in [0.2, 0.25) is 5.91 Å². The molecule has 1 aliphatic heterocycles. The van der Waals surface area contributed by atoms with Crippen LogP contribution in [0.2, 0.25) is 0 Å². The van der Waals surface area contributed by atoms with Gasteiger partial charge in [0.15, 0.2) is 0 Å². The zero-order valence-electron chi connectivity index (χ0n) is 11.2. The van der Waals surface area contributed by atoms with Gasteiger partial charge in [-0.2, -0.15) is 11.8 Å². The summed E-state index contributed by atoms with van der Waals surface area (Å²) in [7, 11) is 0. The predicted octanol–water partition coefficient (Wildman–Crippen LogP) is 0.697. The minimum absolute atomic E-state index is 0.151. The molecular formula is C12H22N2O3S. The van der Waals surface area contributed by atoms with Crippen LogP contribution in [0.3, 0.4) is 0 Å². The molecule has 0 aromatic heterocycles. The second kappa shape index (κ2) is 6.43. The van der Waals surface area contributed by atoms with Gasteiger partial charge in [-0.15, -0.1) is 0 Å². The smallest absolute Gasteiger partial charge is 0.326 e. The highest BCUT2D eigenvalue weighted by Gasteiger charge is 2.33. The molecule has 1 heterocycles. The maximum Gasteiger partial charge on any atom is 0.326 e. The molecule has 104 valence electrons. The Morgan fingerprint density at radius 3 is 2.61 bits per heavy atom. The average Bonchev–Trinajstić information content (AvgIpc) is 2.25. The lowest BCUT2D eigenvalue weighted by Crippen LogP contribution is -2.51. The summed E-state index contributed by atoms with van der Waals surface area (Å²) < 4.78 is 0. The monoisotopic (exact) mass is 274 g/mol. The van der Waals surface area contributed by atoms with E-state index in [2.05, 4.69) is 10.6 Å². The molecule has 0 aliphatic carbocycles. The number of carbonyl (C=O) groups is 2. The van der Waals surface area contributed by atoms with Crippen LogP contribution in [-0.2, 0) is 9.59 Å². The summed E-state index contributed by atoms with van der Waals surface area (Å²) in [4.78, 5) is 23.0. The standard InChI is InChI=1S/C12H22N2O3S/c1-12(2,3)10(11(16)17)14-9(15)6-8-7-18-5-4-13-8/h8,10,13H,4-7H2,1-3H3,(H,14,15)(H,16,17). The van der Waals surface area contributed by atoms with Gasteiger partial charge in [-0.3, -0.25) is 4.79 Å². The minimum Gasteiger partial charge on any atom is -0.480 e. The second-order valence-corrected chi connectivity index (χ2v) is 6.78. The van der Waals surface area contributed by atoms with Crippen LogP contribution in [0.5, 0.6) is 0 Å². The summed E-state index contributed by atoms with van der Waals surface area (Å²) in [6.07, 6.45) is 0.340. The molecule has 0 spiro atoms. The van der Waals surface area contributed by atoms with E-state index in [9.17, 15) is 9.59 Å². The maximum absolute atomic E-state index is 11.8. The van der Waals surface area contributed by atoms with Crippen molar-refractivity contribution in [1.82, 2.24) is 10.6 Å². The Morgan fingerprint density at radius 1 is 1.50 bits per heavy atom. The Hall–Kier alpha value is -0.750. The number of rotatable bonds is 4. The summed E-state index contributed by atoms with van der Waals surface area (Å²) in [5.41, 5.74) is -0.490. The van der Waals surface area contributed by atoms with Gasteiger partial charge in [0.25, 0.3) is 0 Å². The Morgan fingerprint density at radius 2 is 2.17 bits per heavy atom. The van der Waals surface area contributed by atoms with E-state index in [-0.39, 0.29) is 11.9 Å². The van der Waals surface area contributed by atoms with Crippen molar-refractivity contribution in [1.29, 1.82) is 0 Å². The van der Waals surface area contributed by atoms with Crippen LogP contribution >= 0.6 is 11.8 Å². The molecule has 6 heteroatoms. The topological polar surface area (TPSA) is 78.4 Å². The van der Waals surface area contributed by atoms with E-state index in [4.69, 9.17) is 5.11 Å². The van der Waals surface area contributed by atoms with Gasteiger partial charge in [-0.1, -0.05) is 20.8 Å². The highest BCUT2D eigenvalue weighted by atomic mass is 32.2. The first-order valence-electron chi connectivity index (χ1n) is 6.14. The van der Waals surface area contributed by atoms with Crippen LogP contribution in [0.25, 0.3) is 0 Å². The molecule has 2 atom stereocenters. The van der Waals surface area contributed by atoms with Crippen LogP contribution in [0, 0.1) is 5.41 Å². The van der Waals surface area contributed by atoms with Crippen LogP contribution in [0.1, 0.15) is 27.2 Å².